The smallest absolute Gasteiger partial charge is 0.414 e. The lowest BCUT2D eigenvalue weighted by Gasteiger charge is -2.37. The Hall–Kier alpha value is -4.05. The van der Waals surface area contributed by atoms with E-state index in [4.69, 9.17) is 14.7 Å². The molecule has 0 radical (unpaired) electrons. The first-order valence-corrected chi connectivity index (χ1v) is 15.2. The quantitative estimate of drug-likeness (QED) is 0.226. The SMILES string of the molecule is CSc1nc(Nc2ccc3c(c2)CCN3C(=O)OC(C)(C)C)cc(N2CCN(c3cccc4cnccc34)CC2)n1. The first-order chi connectivity index (χ1) is 19.8. The van der Waals surface area contributed by atoms with Gasteiger partial charge in [-0.1, -0.05) is 23.9 Å². The highest BCUT2D eigenvalue weighted by molar-refractivity contribution is 7.98. The molecule has 2 aromatic carbocycles. The predicted octanol–water partition coefficient (Wildman–Crippen LogP) is 6.11. The highest BCUT2D eigenvalue weighted by Crippen LogP contribution is 2.33. The lowest BCUT2D eigenvalue weighted by atomic mass is 10.1. The molecular weight excluding hydrogens is 534 g/mol. The van der Waals surface area contributed by atoms with Crippen molar-refractivity contribution in [3.05, 3.63) is 66.5 Å². The summed E-state index contributed by atoms with van der Waals surface area (Å²) in [5.41, 5.74) is 3.67. The Balaban J connectivity index is 1.16. The number of hydrogen-bond donors (Lipinski definition) is 1. The summed E-state index contributed by atoms with van der Waals surface area (Å²) in [5, 5.41) is 6.60. The molecule has 10 heteroatoms. The number of nitrogens with zero attached hydrogens (tertiary/aromatic N) is 6. The fourth-order valence-corrected chi connectivity index (χ4v) is 5.80. The monoisotopic (exact) mass is 569 g/mol. The van der Waals surface area contributed by atoms with Crippen molar-refractivity contribution < 1.29 is 9.53 Å². The van der Waals surface area contributed by atoms with E-state index >= 15 is 0 Å². The maximum absolute atomic E-state index is 12.7. The van der Waals surface area contributed by atoms with Gasteiger partial charge in [-0.3, -0.25) is 9.88 Å². The second-order valence-corrected chi connectivity index (χ2v) is 12.1. The number of fused-ring (bicyclic) bond motifs is 2. The number of anilines is 5. The van der Waals surface area contributed by atoms with E-state index in [1.807, 2.05) is 57.6 Å². The molecule has 0 unspecified atom stereocenters. The number of piperazine rings is 1. The van der Waals surface area contributed by atoms with Gasteiger partial charge in [0.25, 0.3) is 0 Å². The van der Waals surface area contributed by atoms with Crippen molar-refractivity contribution in [1.29, 1.82) is 0 Å². The second-order valence-electron chi connectivity index (χ2n) is 11.3. The van der Waals surface area contributed by atoms with Crippen LogP contribution < -0.4 is 20.0 Å². The van der Waals surface area contributed by atoms with Crippen LogP contribution >= 0.6 is 11.8 Å². The number of carbonyl (C=O) groups excluding carboxylic acids is 1. The number of carbonyl (C=O) groups is 1. The molecule has 1 N–H and O–H groups in total. The van der Waals surface area contributed by atoms with E-state index in [1.54, 1.807) is 4.90 Å². The zero-order chi connectivity index (χ0) is 28.6. The van der Waals surface area contributed by atoms with Gasteiger partial charge < -0.3 is 19.9 Å². The average molecular weight is 570 g/mol. The molecule has 1 saturated heterocycles. The predicted molar refractivity (Wildman–Crippen MR) is 167 cm³/mol. The Labute approximate surface area is 244 Å². The third-order valence-electron chi connectivity index (χ3n) is 7.34. The Morgan fingerprint density at radius 3 is 2.54 bits per heavy atom. The van der Waals surface area contributed by atoms with E-state index in [0.29, 0.717) is 6.54 Å². The zero-order valence-electron chi connectivity index (χ0n) is 23.9. The van der Waals surface area contributed by atoms with Gasteiger partial charge in [0.1, 0.15) is 17.2 Å². The Morgan fingerprint density at radius 2 is 1.76 bits per heavy atom. The second kappa shape index (κ2) is 11.1. The van der Waals surface area contributed by atoms with Crippen LogP contribution in [0.1, 0.15) is 26.3 Å². The van der Waals surface area contributed by atoms with Gasteiger partial charge in [0, 0.05) is 73.3 Å². The van der Waals surface area contributed by atoms with Crippen molar-refractivity contribution in [2.75, 3.05) is 59.0 Å². The molecule has 2 aromatic heterocycles. The van der Waals surface area contributed by atoms with Crippen molar-refractivity contribution in [3.8, 4) is 0 Å². The number of amides is 1. The Morgan fingerprint density at radius 1 is 0.951 bits per heavy atom. The number of rotatable bonds is 5. The molecule has 0 saturated carbocycles. The molecule has 2 aliphatic heterocycles. The van der Waals surface area contributed by atoms with E-state index in [9.17, 15) is 4.79 Å². The minimum Gasteiger partial charge on any atom is -0.443 e. The summed E-state index contributed by atoms with van der Waals surface area (Å²) in [5.74, 6) is 1.68. The minimum absolute atomic E-state index is 0.306. The maximum atomic E-state index is 12.7. The molecule has 0 bridgehead atoms. The van der Waals surface area contributed by atoms with Crippen molar-refractivity contribution in [1.82, 2.24) is 15.0 Å². The van der Waals surface area contributed by atoms with Crippen molar-refractivity contribution in [2.45, 2.75) is 37.9 Å². The number of ether oxygens (including phenoxy) is 1. The molecule has 0 atom stereocenters. The van der Waals surface area contributed by atoms with Crippen LogP contribution in [0.15, 0.2) is 66.1 Å². The molecule has 4 aromatic rings. The van der Waals surface area contributed by atoms with Gasteiger partial charge in [-0.25, -0.2) is 14.8 Å². The highest BCUT2D eigenvalue weighted by Gasteiger charge is 2.29. The van der Waals surface area contributed by atoms with Gasteiger partial charge in [-0.2, -0.15) is 0 Å². The largest absolute Gasteiger partial charge is 0.443 e. The zero-order valence-corrected chi connectivity index (χ0v) is 24.7. The van der Waals surface area contributed by atoms with Crippen molar-refractivity contribution in [2.24, 2.45) is 0 Å². The molecule has 0 aliphatic carbocycles. The molecule has 41 heavy (non-hydrogen) atoms. The number of thioether (sulfide) groups is 1. The fourth-order valence-electron chi connectivity index (χ4n) is 5.42. The van der Waals surface area contributed by atoms with Gasteiger partial charge in [0.05, 0.1) is 5.69 Å². The third-order valence-corrected chi connectivity index (χ3v) is 7.89. The summed E-state index contributed by atoms with van der Waals surface area (Å²) >= 11 is 1.54. The Bertz CT molecular complexity index is 1580. The molecule has 212 valence electrons. The van der Waals surface area contributed by atoms with E-state index in [0.717, 1.165) is 71.7 Å². The van der Waals surface area contributed by atoms with E-state index < -0.39 is 5.60 Å². The van der Waals surface area contributed by atoms with Crippen molar-refractivity contribution in [3.63, 3.8) is 0 Å². The van der Waals surface area contributed by atoms with Crippen LogP contribution in [0.3, 0.4) is 0 Å². The molecule has 4 heterocycles. The lowest BCUT2D eigenvalue weighted by Crippen LogP contribution is -2.47. The standard InChI is InChI=1S/C31H35N7O2S/c1-31(2,3)40-30(39)38-13-11-21-18-23(8-9-25(21)38)33-27-19-28(35-29(34-27)41-4)37-16-14-36(15-17-37)26-7-5-6-22-20-32-12-10-24(22)26/h5-10,12,18-20H,11,13-17H2,1-4H3,(H,33,34,35). The number of hydrogen-bond acceptors (Lipinski definition) is 9. The fraction of sp³-hybridized carbons (Fsp3) is 0.355. The number of nitrogens with one attached hydrogen (secondary N) is 1. The molecule has 6 rings (SSSR count). The van der Waals surface area contributed by atoms with Gasteiger partial charge >= 0.3 is 6.09 Å². The van der Waals surface area contributed by atoms with Crippen LogP contribution in [-0.2, 0) is 11.2 Å². The summed E-state index contributed by atoms with van der Waals surface area (Å²) in [6.45, 7) is 9.81. The highest BCUT2D eigenvalue weighted by atomic mass is 32.2. The minimum atomic E-state index is -0.526. The summed E-state index contributed by atoms with van der Waals surface area (Å²) in [7, 11) is 0. The Kier molecular flexibility index (Phi) is 7.33. The van der Waals surface area contributed by atoms with E-state index in [-0.39, 0.29) is 6.09 Å². The first kappa shape index (κ1) is 27.1. The summed E-state index contributed by atoms with van der Waals surface area (Å²) in [6.07, 6.45) is 6.26. The molecular formula is C31H35N7O2S. The van der Waals surface area contributed by atoms with Crippen LogP contribution in [0.4, 0.5) is 33.5 Å². The maximum Gasteiger partial charge on any atom is 0.414 e. The summed E-state index contributed by atoms with van der Waals surface area (Å²) in [4.78, 5) is 33.0. The summed E-state index contributed by atoms with van der Waals surface area (Å²) < 4.78 is 5.59. The van der Waals surface area contributed by atoms with Gasteiger partial charge in [0.15, 0.2) is 5.16 Å². The number of pyridine rings is 1. The molecule has 2 aliphatic rings. The third kappa shape index (κ3) is 5.88. The van der Waals surface area contributed by atoms with Crippen molar-refractivity contribution >= 4 is 57.3 Å². The normalized spacial score (nSPS) is 15.3. The number of benzene rings is 2. The van der Waals surface area contributed by atoms with E-state index in [1.165, 1.54) is 22.8 Å². The topological polar surface area (TPSA) is 86.7 Å². The molecule has 0 spiro atoms. The van der Waals surface area contributed by atoms with Crippen LogP contribution in [-0.4, -0.2) is 65.6 Å². The van der Waals surface area contributed by atoms with Crippen LogP contribution in [0.25, 0.3) is 10.8 Å². The first-order valence-electron chi connectivity index (χ1n) is 13.9. The number of aromatic nitrogens is 3. The van der Waals surface area contributed by atoms with Gasteiger partial charge in [-0.05, 0) is 69.3 Å². The van der Waals surface area contributed by atoms with Crippen LogP contribution in [0.2, 0.25) is 0 Å². The lowest BCUT2D eigenvalue weighted by molar-refractivity contribution is 0.0584. The van der Waals surface area contributed by atoms with Crippen LogP contribution in [0, 0.1) is 0 Å². The van der Waals surface area contributed by atoms with Crippen LogP contribution in [0.5, 0.6) is 0 Å². The molecule has 1 amide bonds. The van der Waals surface area contributed by atoms with E-state index in [2.05, 4.69) is 50.4 Å². The van der Waals surface area contributed by atoms with Gasteiger partial charge in [-0.15, -0.1) is 0 Å². The molecule has 9 nitrogen and oxygen atoms in total. The van der Waals surface area contributed by atoms with Gasteiger partial charge in [0.2, 0.25) is 0 Å². The average Bonchev–Trinajstić information content (AvgIpc) is 3.39. The molecule has 1 fully saturated rings. The summed E-state index contributed by atoms with van der Waals surface area (Å²) in [6, 6.07) is 16.6.